The predicted octanol–water partition coefficient (Wildman–Crippen LogP) is 0.624. The molecule has 0 unspecified atom stereocenters. The van der Waals surface area contributed by atoms with Gasteiger partial charge in [0, 0.05) is 11.8 Å². The largest absolute Gasteiger partial charge is 0.287 e. The van der Waals surface area contributed by atoms with Crippen LogP contribution < -0.4 is 10.9 Å². The molecule has 1 aromatic carbocycles. The zero-order valence-electron chi connectivity index (χ0n) is 9.11. The van der Waals surface area contributed by atoms with Crippen molar-refractivity contribution in [1.29, 1.82) is 0 Å². The number of hydrogen-bond donors (Lipinski definition) is 3. The summed E-state index contributed by atoms with van der Waals surface area (Å²) in [5, 5.41) is 6.04. The number of benzene rings is 1. The lowest BCUT2D eigenvalue weighted by Crippen LogP contribution is -2.41. The van der Waals surface area contributed by atoms with E-state index in [1.807, 2.05) is 0 Å². The minimum atomic E-state index is -0.539. The van der Waals surface area contributed by atoms with Crippen molar-refractivity contribution < 1.29 is 14.0 Å². The molecule has 0 saturated heterocycles. The molecule has 0 bridgehead atoms. The molecule has 0 fully saturated rings. The lowest BCUT2D eigenvalue weighted by molar-refractivity contribution is 0.0844. The highest BCUT2D eigenvalue weighted by Gasteiger charge is 2.09. The van der Waals surface area contributed by atoms with Gasteiger partial charge < -0.3 is 0 Å². The van der Waals surface area contributed by atoms with Gasteiger partial charge in [-0.3, -0.25) is 25.5 Å². The molecule has 2 amide bonds. The standard InChI is InChI=1S/C11H9FN4O2/c12-8-3-1-7(2-4-8)10(17)15-16-11(18)9-5-6-13-14-9/h1-6H,(H,13,14)(H,15,17)(H,16,18). The number of carbonyl (C=O) groups excluding carboxylic acids is 2. The highest BCUT2D eigenvalue weighted by molar-refractivity contribution is 5.98. The van der Waals surface area contributed by atoms with E-state index in [9.17, 15) is 14.0 Å². The van der Waals surface area contributed by atoms with E-state index >= 15 is 0 Å². The van der Waals surface area contributed by atoms with E-state index in [2.05, 4.69) is 21.0 Å². The van der Waals surface area contributed by atoms with Crippen LogP contribution in [0.2, 0.25) is 0 Å². The summed E-state index contributed by atoms with van der Waals surface area (Å²) in [4.78, 5) is 23.0. The van der Waals surface area contributed by atoms with Crippen LogP contribution in [0.1, 0.15) is 20.8 Å². The number of rotatable bonds is 2. The quantitative estimate of drug-likeness (QED) is 0.681. The van der Waals surface area contributed by atoms with Crippen molar-refractivity contribution in [2.45, 2.75) is 0 Å². The molecule has 3 N–H and O–H groups in total. The Morgan fingerprint density at radius 2 is 1.72 bits per heavy atom. The summed E-state index contributed by atoms with van der Waals surface area (Å²) >= 11 is 0. The van der Waals surface area contributed by atoms with Gasteiger partial charge in [0.1, 0.15) is 11.5 Å². The Labute approximate surface area is 101 Å². The molecule has 0 aliphatic carbocycles. The van der Waals surface area contributed by atoms with Crippen molar-refractivity contribution in [3.05, 3.63) is 53.6 Å². The van der Waals surface area contributed by atoms with Crippen molar-refractivity contribution in [2.75, 3.05) is 0 Å². The first-order valence-corrected chi connectivity index (χ1v) is 5.02. The van der Waals surface area contributed by atoms with Crippen LogP contribution in [-0.4, -0.2) is 22.0 Å². The lowest BCUT2D eigenvalue weighted by Gasteiger charge is -2.05. The summed E-state index contributed by atoms with van der Waals surface area (Å²) in [6, 6.07) is 6.40. The molecule has 1 heterocycles. The first-order valence-electron chi connectivity index (χ1n) is 5.02. The van der Waals surface area contributed by atoms with Gasteiger partial charge in [-0.2, -0.15) is 5.10 Å². The fraction of sp³-hybridized carbons (Fsp3) is 0. The molecule has 0 aliphatic rings. The number of carbonyl (C=O) groups is 2. The van der Waals surface area contributed by atoms with E-state index in [1.165, 1.54) is 24.4 Å². The summed E-state index contributed by atoms with van der Waals surface area (Å²) in [6.45, 7) is 0. The Bertz CT molecular complexity index is 551. The molecule has 18 heavy (non-hydrogen) atoms. The maximum atomic E-state index is 12.6. The number of amides is 2. The van der Waals surface area contributed by atoms with E-state index < -0.39 is 17.6 Å². The Kier molecular flexibility index (Phi) is 3.33. The SMILES string of the molecule is O=C(NNC(=O)c1ccn[nH]1)c1ccc(F)cc1. The number of aromatic nitrogens is 2. The third-order valence-corrected chi connectivity index (χ3v) is 2.14. The Morgan fingerprint density at radius 3 is 2.33 bits per heavy atom. The minimum absolute atomic E-state index is 0.217. The Hall–Kier alpha value is -2.70. The van der Waals surface area contributed by atoms with Gasteiger partial charge in [0.2, 0.25) is 0 Å². The van der Waals surface area contributed by atoms with Crippen molar-refractivity contribution in [3.63, 3.8) is 0 Å². The highest BCUT2D eigenvalue weighted by Crippen LogP contribution is 2.01. The lowest BCUT2D eigenvalue weighted by atomic mass is 10.2. The molecule has 2 rings (SSSR count). The van der Waals surface area contributed by atoms with Gasteiger partial charge in [-0.05, 0) is 30.3 Å². The molecule has 0 aliphatic heterocycles. The summed E-state index contributed by atoms with van der Waals surface area (Å²) in [6.07, 6.45) is 1.41. The molecule has 2 aromatic rings. The predicted molar refractivity (Wildman–Crippen MR) is 59.9 cm³/mol. The fourth-order valence-corrected chi connectivity index (χ4v) is 1.24. The number of aromatic amines is 1. The molecule has 0 spiro atoms. The van der Waals surface area contributed by atoms with E-state index in [0.29, 0.717) is 0 Å². The first-order chi connectivity index (χ1) is 8.66. The molecule has 6 nitrogen and oxygen atoms in total. The third-order valence-electron chi connectivity index (χ3n) is 2.14. The normalized spacial score (nSPS) is 9.83. The number of hydrogen-bond acceptors (Lipinski definition) is 3. The van der Waals surface area contributed by atoms with Crippen LogP contribution in [-0.2, 0) is 0 Å². The molecule has 7 heteroatoms. The molecule has 0 atom stereocenters. The van der Waals surface area contributed by atoms with Crippen LogP contribution in [0.3, 0.4) is 0 Å². The van der Waals surface area contributed by atoms with Crippen LogP contribution in [0.5, 0.6) is 0 Å². The van der Waals surface area contributed by atoms with Crippen molar-refractivity contribution >= 4 is 11.8 Å². The van der Waals surface area contributed by atoms with Gasteiger partial charge in [-0.1, -0.05) is 0 Å². The smallest absolute Gasteiger partial charge is 0.273 e. The highest BCUT2D eigenvalue weighted by atomic mass is 19.1. The maximum Gasteiger partial charge on any atom is 0.287 e. The van der Waals surface area contributed by atoms with Crippen molar-refractivity contribution in [2.24, 2.45) is 0 Å². The second-order valence-electron chi connectivity index (χ2n) is 3.39. The number of nitrogens with one attached hydrogen (secondary N) is 3. The fourth-order valence-electron chi connectivity index (χ4n) is 1.24. The van der Waals surface area contributed by atoms with Gasteiger partial charge in [-0.25, -0.2) is 4.39 Å². The number of halogens is 1. The first kappa shape index (κ1) is 11.8. The molecule has 0 saturated carbocycles. The maximum absolute atomic E-state index is 12.6. The second-order valence-corrected chi connectivity index (χ2v) is 3.39. The van der Waals surface area contributed by atoms with Gasteiger partial charge >= 0.3 is 0 Å². The van der Waals surface area contributed by atoms with E-state index in [1.54, 1.807) is 0 Å². The molecule has 1 aromatic heterocycles. The summed E-state index contributed by atoms with van der Waals surface area (Å²) in [7, 11) is 0. The molecule has 0 radical (unpaired) electrons. The zero-order chi connectivity index (χ0) is 13.0. The summed E-state index contributed by atoms with van der Waals surface area (Å²) in [5.41, 5.74) is 4.85. The average Bonchev–Trinajstić information content (AvgIpc) is 2.90. The molecular weight excluding hydrogens is 239 g/mol. The Morgan fingerprint density at radius 1 is 1.06 bits per heavy atom. The van der Waals surface area contributed by atoms with Crippen LogP contribution in [0.4, 0.5) is 4.39 Å². The molecular formula is C11H9FN4O2. The average molecular weight is 248 g/mol. The van der Waals surface area contributed by atoms with Gasteiger partial charge in [0.05, 0.1) is 0 Å². The minimum Gasteiger partial charge on any atom is -0.273 e. The Balaban J connectivity index is 1.92. The third kappa shape index (κ3) is 2.70. The van der Waals surface area contributed by atoms with Gasteiger partial charge in [-0.15, -0.1) is 0 Å². The van der Waals surface area contributed by atoms with Crippen molar-refractivity contribution in [3.8, 4) is 0 Å². The second kappa shape index (κ2) is 5.09. The monoisotopic (exact) mass is 248 g/mol. The van der Waals surface area contributed by atoms with Crippen LogP contribution in [0, 0.1) is 5.82 Å². The topological polar surface area (TPSA) is 86.9 Å². The summed E-state index contributed by atoms with van der Waals surface area (Å²) < 4.78 is 12.6. The number of H-pyrrole nitrogens is 1. The number of nitrogens with zero attached hydrogens (tertiary/aromatic N) is 1. The van der Waals surface area contributed by atoms with Crippen LogP contribution in [0.15, 0.2) is 36.5 Å². The zero-order valence-corrected chi connectivity index (χ0v) is 9.11. The van der Waals surface area contributed by atoms with E-state index in [0.717, 1.165) is 12.1 Å². The molecule has 92 valence electrons. The summed E-state index contributed by atoms with van der Waals surface area (Å²) in [5.74, 6) is -1.50. The van der Waals surface area contributed by atoms with Gasteiger partial charge in [0.25, 0.3) is 11.8 Å². The van der Waals surface area contributed by atoms with Crippen LogP contribution in [0.25, 0.3) is 0 Å². The van der Waals surface area contributed by atoms with E-state index in [4.69, 9.17) is 0 Å². The van der Waals surface area contributed by atoms with Gasteiger partial charge in [0.15, 0.2) is 0 Å². The van der Waals surface area contributed by atoms with Crippen molar-refractivity contribution in [1.82, 2.24) is 21.0 Å². The number of hydrazine groups is 1. The van der Waals surface area contributed by atoms with Crippen LogP contribution >= 0.6 is 0 Å². The van der Waals surface area contributed by atoms with E-state index in [-0.39, 0.29) is 11.3 Å².